The molecule has 2 aliphatic heterocycles. The molecule has 0 aromatic heterocycles. The highest BCUT2D eigenvalue weighted by atomic mass is 16.8. The molecule has 0 spiro atoms. The van der Waals surface area contributed by atoms with Gasteiger partial charge in [0.05, 0.1) is 5.70 Å². The lowest BCUT2D eigenvalue weighted by Gasteiger charge is -2.34. The van der Waals surface area contributed by atoms with Gasteiger partial charge in [-0.3, -0.25) is 5.21 Å². The van der Waals surface area contributed by atoms with Crippen molar-refractivity contribution in [2.45, 2.75) is 6.10 Å². The summed E-state index contributed by atoms with van der Waals surface area (Å²) in [4.78, 5) is 0. The average Bonchev–Trinajstić information content (AvgIpc) is 3.01. The number of nitrogens with zero attached hydrogens (tertiary/aromatic N) is 1. The number of para-hydroxylation sites is 1. The van der Waals surface area contributed by atoms with Gasteiger partial charge in [0.1, 0.15) is 5.75 Å². The Morgan fingerprint density at radius 1 is 1.05 bits per heavy atom. The maximum Gasteiger partial charge on any atom is 0.231 e. The molecule has 2 heterocycles. The van der Waals surface area contributed by atoms with Gasteiger partial charge >= 0.3 is 0 Å². The van der Waals surface area contributed by atoms with Crippen LogP contribution < -0.4 is 14.2 Å². The first-order valence-electron chi connectivity index (χ1n) is 6.75. The van der Waals surface area contributed by atoms with Crippen LogP contribution in [0.5, 0.6) is 17.2 Å². The van der Waals surface area contributed by atoms with Crippen molar-refractivity contribution < 1.29 is 19.4 Å². The highest BCUT2D eigenvalue weighted by molar-refractivity contribution is 5.63. The molecule has 6 heteroatoms. The van der Waals surface area contributed by atoms with Crippen LogP contribution in [-0.2, 0) is 0 Å². The second-order valence-corrected chi connectivity index (χ2v) is 4.99. The molecule has 2 aromatic rings. The highest BCUT2D eigenvalue weighted by Crippen LogP contribution is 2.41. The van der Waals surface area contributed by atoms with Gasteiger partial charge in [-0.1, -0.05) is 24.3 Å². The van der Waals surface area contributed by atoms with Crippen molar-refractivity contribution in [3.63, 3.8) is 0 Å². The summed E-state index contributed by atoms with van der Waals surface area (Å²) in [5.74, 6) is 1.89. The van der Waals surface area contributed by atoms with Crippen molar-refractivity contribution in [1.29, 1.82) is 0 Å². The minimum absolute atomic E-state index is 0.109. The molecule has 0 bridgehead atoms. The van der Waals surface area contributed by atoms with E-state index in [4.69, 9.17) is 14.2 Å². The number of benzene rings is 2. The second-order valence-electron chi connectivity index (χ2n) is 4.99. The minimum atomic E-state index is -0.716. The molecule has 1 atom stereocenters. The molecule has 4 rings (SSSR count). The summed E-state index contributed by atoms with van der Waals surface area (Å²) < 4.78 is 16.5. The standard InChI is InChI=1S/C16H12NO5/c18-17(19)12-7-10-3-1-2-4-13(10)22-16(12)11-5-6-14-15(8-11)21-9-20-14/h1-8,16,18H,9H2/q-1/t16-/m0/s1. The molecule has 0 saturated heterocycles. The quantitative estimate of drug-likeness (QED) is 0.859. The molecular formula is C16H12NO5-. The van der Waals surface area contributed by atoms with Crippen molar-refractivity contribution in [3.8, 4) is 17.2 Å². The van der Waals surface area contributed by atoms with Gasteiger partial charge in [0.2, 0.25) is 6.79 Å². The predicted molar refractivity (Wildman–Crippen MR) is 77.3 cm³/mol. The molecule has 6 nitrogen and oxygen atoms in total. The van der Waals surface area contributed by atoms with Crippen LogP contribution in [0.4, 0.5) is 0 Å². The fraction of sp³-hybridized carbons (Fsp3) is 0.125. The fourth-order valence-corrected chi connectivity index (χ4v) is 2.60. The first-order valence-corrected chi connectivity index (χ1v) is 6.75. The van der Waals surface area contributed by atoms with Gasteiger partial charge in [-0.25, -0.2) is 0 Å². The Balaban J connectivity index is 1.78. The largest absolute Gasteiger partial charge is 0.734 e. The molecule has 1 N–H and O–H groups in total. The summed E-state index contributed by atoms with van der Waals surface area (Å²) in [5, 5.41) is 20.7. The third-order valence-electron chi connectivity index (χ3n) is 3.66. The van der Waals surface area contributed by atoms with E-state index in [2.05, 4.69) is 0 Å². The third kappa shape index (κ3) is 2.05. The Hall–Kier alpha value is -2.70. The molecule has 0 radical (unpaired) electrons. The Kier molecular flexibility index (Phi) is 2.92. The monoisotopic (exact) mass is 298 g/mol. The van der Waals surface area contributed by atoms with Crippen LogP contribution in [0.15, 0.2) is 48.2 Å². The molecule has 112 valence electrons. The SMILES string of the molecule is [O-]N(O)C1=Cc2ccccc2O[C@H]1c1ccc2c(c1)OCO2. The predicted octanol–water partition coefficient (Wildman–Crippen LogP) is 3.08. The molecule has 2 aromatic carbocycles. The van der Waals surface area contributed by atoms with Gasteiger partial charge in [-0.2, -0.15) is 0 Å². The second kappa shape index (κ2) is 4.94. The topological polar surface area (TPSA) is 74.2 Å². The number of hydrogen-bond donors (Lipinski definition) is 1. The summed E-state index contributed by atoms with van der Waals surface area (Å²) in [5.41, 5.74) is 1.54. The smallest absolute Gasteiger partial charge is 0.231 e. The number of fused-ring (bicyclic) bond motifs is 2. The number of hydrogen-bond acceptors (Lipinski definition) is 6. The van der Waals surface area contributed by atoms with Crippen LogP contribution >= 0.6 is 0 Å². The van der Waals surface area contributed by atoms with Crippen molar-refractivity contribution in [2.75, 3.05) is 6.79 Å². The summed E-state index contributed by atoms with van der Waals surface area (Å²) in [6.45, 7) is 0.170. The highest BCUT2D eigenvalue weighted by Gasteiger charge is 2.27. The van der Waals surface area contributed by atoms with Crippen LogP contribution in [0.25, 0.3) is 6.08 Å². The molecule has 0 aliphatic carbocycles. The average molecular weight is 298 g/mol. The zero-order chi connectivity index (χ0) is 15.1. The number of ether oxygens (including phenoxy) is 3. The molecule has 0 unspecified atom stereocenters. The summed E-state index contributed by atoms with van der Waals surface area (Å²) in [6, 6.07) is 12.6. The van der Waals surface area contributed by atoms with Crippen molar-refractivity contribution in [3.05, 3.63) is 64.5 Å². The fourth-order valence-electron chi connectivity index (χ4n) is 2.60. The number of hydroxylamine groups is 2. The maximum atomic E-state index is 11.5. The summed E-state index contributed by atoms with van der Waals surface area (Å²) >= 11 is 0. The third-order valence-corrected chi connectivity index (χ3v) is 3.66. The van der Waals surface area contributed by atoms with Gasteiger partial charge in [-0.15, -0.1) is 0 Å². The first-order chi connectivity index (χ1) is 10.7. The normalized spacial score (nSPS) is 18.3. The lowest BCUT2D eigenvalue weighted by atomic mass is 10.0. The molecule has 22 heavy (non-hydrogen) atoms. The van der Waals surface area contributed by atoms with E-state index in [1.807, 2.05) is 24.3 Å². The summed E-state index contributed by atoms with van der Waals surface area (Å²) in [6.07, 6.45) is 0.896. The van der Waals surface area contributed by atoms with E-state index >= 15 is 0 Å². The van der Waals surface area contributed by atoms with E-state index in [-0.39, 0.29) is 17.7 Å². The van der Waals surface area contributed by atoms with Crippen LogP contribution in [0.2, 0.25) is 0 Å². The summed E-state index contributed by atoms with van der Waals surface area (Å²) in [7, 11) is 0. The van der Waals surface area contributed by atoms with Crippen LogP contribution in [0.3, 0.4) is 0 Å². The molecule has 2 aliphatic rings. The van der Waals surface area contributed by atoms with Crippen molar-refractivity contribution in [1.82, 2.24) is 5.23 Å². The minimum Gasteiger partial charge on any atom is -0.734 e. The van der Waals surface area contributed by atoms with Crippen LogP contribution in [-0.4, -0.2) is 17.2 Å². The molecule has 0 amide bonds. The zero-order valence-electron chi connectivity index (χ0n) is 11.4. The van der Waals surface area contributed by atoms with Crippen molar-refractivity contribution >= 4 is 6.08 Å². The maximum absolute atomic E-state index is 11.5. The van der Waals surface area contributed by atoms with E-state index in [0.29, 0.717) is 22.8 Å². The van der Waals surface area contributed by atoms with Gasteiger partial charge in [-0.05, 0) is 24.3 Å². The van der Waals surface area contributed by atoms with Crippen LogP contribution in [0, 0.1) is 5.21 Å². The zero-order valence-corrected chi connectivity index (χ0v) is 11.4. The van der Waals surface area contributed by atoms with E-state index in [9.17, 15) is 10.4 Å². The molecule has 0 saturated carbocycles. The Morgan fingerprint density at radius 2 is 1.86 bits per heavy atom. The van der Waals surface area contributed by atoms with E-state index < -0.39 is 6.10 Å². The lowest BCUT2D eigenvalue weighted by molar-refractivity contribution is -0.0244. The molecular weight excluding hydrogens is 286 g/mol. The lowest BCUT2D eigenvalue weighted by Crippen LogP contribution is -2.24. The van der Waals surface area contributed by atoms with E-state index in [0.717, 1.165) is 5.56 Å². The Morgan fingerprint density at radius 3 is 2.73 bits per heavy atom. The van der Waals surface area contributed by atoms with E-state index in [1.54, 1.807) is 24.3 Å². The van der Waals surface area contributed by atoms with E-state index in [1.165, 1.54) is 0 Å². The Labute approximate surface area is 126 Å². The van der Waals surface area contributed by atoms with Crippen molar-refractivity contribution in [2.24, 2.45) is 0 Å². The van der Waals surface area contributed by atoms with Crippen LogP contribution in [0.1, 0.15) is 17.2 Å². The van der Waals surface area contributed by atoms with Gasteiger partial charge < -0.3 is 24.6 Å². The first kappa shape index (κ1) is 13.0. The Bertz CT molecular complexity index is 756. The van der Waals surface area contributed by atoms with Gasteiger partial charge in [0.15, 0.2) is 17.6 Å². The van der Waals surface area contributed by atoms with Gasteiger partial charge in [0.25, 0.3) is 0 Å². The van der Waals surface area contributed by atoms with Gasteiger partial charge in [0, 0.05) is 11.1 Å². The number of rotatable bonds is 2. The molecule has 0 fully saturated rings.